The number of fused-ring (bicyclic) bond motifs is 1. The minimum Gasteiger partial charge on any atom is -0.295 e. The molecule has 7 nitrogen and oxygen atoms in total. The molecule has 0 saturated carbocycles. The zero-order chi connectivity index (χ0) is 19.8. The molecule has 0 atom stereocenters. The van der Waals surface area contributed by atoms with E-state index < -0.39 is 24.6 Å². The Hall–Kier alpha value is -3.34. The number of benzene rings is 1. The van der Waals surface area contributed by atoms with E-state index in [-0.39, 0.29) is 12.1 Å². The van der Waals surface area contributed by atoms with E-state index >= 15 is 0 Å². The summed E-state index contributed by atoms with van der Waals surface area (Å²) in [5.41, 5.74) is 5.19. The van der Waals surface area contributed by atoms with Crippen LogP contribution in [0.15, 0.2) is 53.2 Å². The first-order chi connectivity index (χ1) is 13.4. The molecular formula is C17H15F4N7. The molecule has 0 radical (unpaired) electrons. The second-order valence-corrected chi connectivity index (χ2v) is 6.21. The van der Waals surface area contributed by atoms with Gasteiger partial charge in [-0.1, -0.05) is 0 Å². The number of nitrogens with two attached hydrogens (primary N) is 1. The molecule has 0 amide bonds. The Kier molecular flexibility index (Phi) is 4.51. The number of hydrogen-bond acceptors (Lipinski definition) is 6. The molecule has 0 spiro atoms. The Balaban J connectivity index is 1.66. The average molecular weight is 393 g/mol. The summed E-state index contributed by atoms with van der Waals surface area (Å²) < 4.78 is 53.9. The van der Waals surface area contributed by atoms with Crippen LogP contribution in [0.1, 0.15) is 11.1 Å². The van der Waals surface area contributed by atoms with Gasteiger partial charge in [-0.05, 0) is 18.2 Å². The molecule has 3 heterocycles. The number of nitrogens with one attached hydrogen (secondary N) is 1. The van der Waals surface area contributed by atoms with Gasteiger partial charge in [-0.15, -0.1) is 0 Å². The highest BCUT2D eigenvalue weighted by molar-refractivity contribution is 5.77. The van der Waals surface area contributed by atoms with Crippen molar-refractivity contribution in [2.75, 3.05) is 0 Å². The van der Waals surface area contributed by atoms with Crippen LogP contribution in [0.2, 0.25) is 0 Å². The van der Waals surface area contributed by atoms with Crippen molar-refractivity contribution in [1.29, 1.82) is 0 Å². The maximum Gasteiger partial charge on any atom is 0.257 e. The number of halogens is 4. The Labute approximate surface area is 157 Å². The van der Waals surface area contributed by atoms with Crippen molar-refractivity contribution in [2.45, 2.75) is 19.5 Å². The molecule has 4 rings (SSSR count). The second-order valence-electron chi connectivity index (χ2n) is 6.21. The predicted octanol–water partition coefficient (Wildman–Crippen LogP) is 2.17. The first-order valence-corrected chi connectivity index (χ1v) is 8.23. The summed E-state index contributed by atoms with van der Waals surface area (Å²) >= 11 is 0. The average Bonchev–Trinajstić information content (AvgIpc) is 3.22. The summed E-state index contributed by atoms with van der Waals surface area (Å²) in [6.07, 6.45) is 3.27. The molecule has 2 aliphatic rings. The van der Waals surface area contributed by atoms with E-state index in [1.165, 1.54) is 23.7 Å². The predicted molar refractivity (Wildman–Crippen MR) is 92.8 cm³/mol. The number of nitrogens with zero attached hydrogens (tertiary/aromatic N) is 5. The minimum absolute atomic E-state index is 0.0169. The second kappa shape index (κ2) is 7.00. The minimum atomic E-state index is -2.54. The number of aliphatic imine (C=N–C) groups is 1. The normalized spacial score (nSPS) is 16.0. The lowest BCUT2D eigenvalue weighted by molar-refractivity contribution is 0.122. The Morgan fingerprint density at radius 2 is 2.04 bits per heavy atom. The molecule has 28 heavy (non-hydrogen) atoms. The zero-order valence-electron chi connectivity index (χ0n) is 14.4. The van der Waals surface area contributed by atoms with Gasteiger partial charge in [0.05, 0.1) is 18.4 Å². The van der Waals surface area contributed by atoms with Gasteiger partial charge in [0, 0.05) is 23.5 Å². The van der Waals surface area contributed by atoms with Crippen LogP contribution in [-0.4, -0.2) is 32.6 Å². The first-order valence-electron chi connectivity index (χ1n) is 8.23. The summed E-state index contributed by atoms with van der Waals surface area (Å²) in [7, 11) is 0. The highest BCUT2D eigenvalue weighted by Crippen LogP contribution is 2.34. The quantitative estimate of drug-likeness (QED) is 0.602. The van der Waals surface area contributed by atoms with E-state index in [2.05, 4.69) is 15.5 Å². The lowest BCUT2D eigenvalue weighted by Gasteiger charge is -2.24. The number of aromatic nitrogens is 2. The van der Waals surface area contributed by atoms with Gasteiger partial charge >= 0.3 is 0 Å². The van der Waals surface area contributed by atoms with Crippen LogP contribution in [0.5, 0.6) is 0 Å². The smallest absolute Gasteiger partial charge is 0.257 e. The largest absolute Gasteiger partial charge is 0.295 e. The number of hydrazine groups is 2. The highest BCUT2D eigenvalue weighted by Gasteiger charge is 2.31. The molecule has 2 aromatic rings. The monoisotopic (exact) mass is 393 g/mol. The van der Waals surface area contributed by atoms with Crippen LogP contribution in [0.3, 0.4) is 0 Å². The fourth-order valence-electron chi connectivity index (χ4n) is 2.96. The van der Waals surface area contributed by atoms with Crippen molar-refractivity contribution in [3.8, 4) is 0 Å². The topological polar surface area (TPSA) is 74.7 Å². The van der Waals surface area contributed by atoms with Gasteiger partial charge in [-0.25, -0.2) is 28.4 Å². The standard InChI is InChI=1S/C17H15F4N7/c18-12-1-2-13(19)10(3-12)6-28-14-7-26(22)9-23-17(14)16(25-28)11-4-24-27(5-11)8-15(20)21/h1-5,7,9,15,25H,6,8,22H2. The number of rotatable bonds is 5. The molecule has 0 aliphatic carbocycles. The molecule has 3 N–H and O–H groups in total. The third kappa shape index (κ3) is 3.43. The molecule has 146 valence electrons. The van der Waals surface area contributed by atoms with Gasteiger partial charge in [-0.3, -0.25) is 20.1 Å². The van der Waals surface area contributed by atoms with Crippen molar-refractivity contribution in [1.82, 2.24) is 25.2 Å². The highest BCUT2D eigenvalue weighted by atomic mass is 19.3. The van der Waals surface area contributed by atoms with Gasteiger partial charge in [0.15, 0.2) is 0 Å². The maximum absolute atomic E-state index is 14.1. The summed E-state index contributed by atoms with van der Waals surface area (Å²) in [5, 5.41) is 6.68. The van der Waals surface area contributed by atoms with E-state index in [0.29, 0.717) is 22.7 Å². The van der Waals surface area contributed by atoms with Crippen LogP contribution in [0, 0.1) is 11.6 Å². The lowest BCUT2D eigenvalue weighted by Crippen LogP contribution is -2.33. The van der Waals surface area contributed by atoms with E-state index in [9.17, 15) is 17.6 Å². The maximum atomic E-state index is 14.1. The van der Waals surface area contributed by atoms with Crippen LogP contribution < -0.4 is 11.3 Å². The Morgan fingerprint density at radius 3 is 2.82 bits per heavy atom. The van der Waals surface area contributed by atoms with E-state index in [1.807, 2.05) is 0 Å². The van der Waals surface area contributed by atoms with E-state index in [1.54, 1.807) is 11.2 Å². The fourth-order valence-corrected chi connectivity index (χ4v) is 2.96. The Bertz CT molecular complexity index is 995. The van der Waals surface area contributed by atoms with Crippen LogP contribution >= 0.6 is 0 Å². The molecule has 0 unspecified atom stereocenters. The van der Waals surface area contributed by atoms with Crippen molar-refractivity contribution in [2.24, 2.45) is 10.8 Å². The molecule has 0 fully saturated rings. The summed E-state index contributed by atoms with van der Waals surface area (Å²) in [5.74, 6) is 4.62. The third-order valence-electron chi connectivity index (χ3n) is 4.19. The van der Waals surface area contributed by atoms with Crippen molar-refractivity contribution in [3.63, 3.8) is 0 Å². The molecular weight excluding hydrogens is 378 g/mol. The molecule has 1 aromatic carbocycles. The van der Waals surface area contributed by atoms with Crippen molar-refractivity contribution in [3.05, 3.63) is 70.9 Å². The lowest BCUT2D eigenvalue weighted by atomic mass is 10.2. The van der Waals surface area contributed by atoms with Gasteiger partial charge in [-0.2, -0.15) is 5.10 Å². The first kappa shape index (κ1) is 18.0. The Morgan fingerprint density at radius 1 is 1.21 bits per heavy atom. The molecule has 0 bridgehead atoms. The van der Waals surface area contributed by atoms with E-state index in [4.69, 9.17) is 5.84 Å². The van der Waals surface area contributed by atoms with Crippen LogP contribution in [-0.2, 0) is 13.1 Å². The molecule has 0 saturated heterocycles. The number of hydrogen-bond donors (Lipinski definition) is 2. The van der Waals surface area contributed by atoms with Crippen molar-refractivity contribution < 1.29 is 17.6 Å². The van der Waals surface area contributed by atoms with Crippen molar-refractivity contribution >= 4 is 12.0 Å². The molecule has 2 aliphatic heterocycles. The van der Waals surface area contributed by atoms with Crippen LogP contribution in [0.25, 0.3) is 5.70 Å². The van der Waals surface area contributed by atoms with Gasteiger partial charge in [0.1, 0.15) is 35.9 Å². The van der Waals surface area contributed by atoms with Crippen LogP contribution in [0.4, 0.5) is 17.6 Å². The van der Waals surface area contributed by atoms with Gasteiger partial charge in [0.2, 0.25) is 0 Å². The fraction of sp³-hybridized carbons (Fsp3) is 0.176. The molecule has 1 aromatic heterocycles. The summed E-state index contributed by atoms with van der Waals surface area (Å²) in [6, 6.07) is 3.18. The third-order valence-corrected chi connectivity index (χ3v) is 4.19. The molecule has 11 heteroatoms. The number of alkyl halides is 2. The van der Waals surface area contributed by atoms with Gasteiger partial charge in [0.25, 0.3) is 6.43 Å². The van der Waals surface area contributed by atoms with Gasteiger partial charge < -0.3 is 0 Å². The zero-order valence-corrected chi connectivity index (χ0v) is 14.4. The van der Waals surface area contributed by atoms with E-state index in [0.717, 1.165) is 22.9 Å². The summed E-state index contributed by atoms with van der Waals surface area (Å²) in [4.78, 5) is 4.26. The summed E-state index contributed by atoms with van der Waals surface area (Å²) in [6.45, 7) is -0.555. The SMILES string of the molecule is NN1C=NC2=C(c3cnn(CC(F)F)c3)NN(Cc3cc(F)ccc3F)C2=C1.